The summed E-state index contributed by atoms with van der Waals surface area (Å²) in [7, 11) is 0. The summed E-state index contributed by atoms with van der Waals surface area (Å²) >= 11 is 0. The summed E-state index contributed by atoms with van der Waals surface area (Å²) in [5.74, 6) is -1.17. The Hall–Kier alpha value is -1.75. The number of carbonyl (C=O) groups excluding carboxylic acids is 1. The average molecular weight is 1220 g/mol. The molecule has 26 nitrogen and oxygen atoms in total. The molecule has 10 aliphatic rings. The van der Waals surface area contributed by atoms with Crippen LogP contribution in [0.25, 0.3) is 0 Å². The zero-order chi connectivity index (χ0) is 62.2. The predicted octanol–water partition coefficient (Wildman–Crippen LogP) is -2.55. The molecule has 0 aromatic heterocycles. The van der Waals surface area contributed by atoms with Gasteiger partial charge in [-0.25, -0.2) is 0 Å². The van der Waals surface area contributed by atoms with Gasteiger partial charge in [-0.05, 0) is 116 Å². The molecule has 0 radical (unpaired) electrons. The number of aliphatic hydroxyl groups excluding tert-OH is 15. The standard InChI is InChI=1S/C59H96O26/c1-23-34(63)38(67)42(71)49(78-23)83-46-28(20-60)80-48(45(74)41(46)70)77-22-29-37(66)40(69)44(73)51(81-29)85-53(75)59-17-16-54(3,4)18-26(59)25-10-11-31-56(7)14-13-33(55(5,6)30(56)12-15-57(31,8)58(25,9)19-32(59)62)82-52-47(36(65)27(61)21-76-52)84-50-43(72)39(68)35(64)24(2)79-50/h10,23-24,26-52,60-74H,11-22H2,1-9H3. The van der Waals surface area contributed by atoms with E-state index in [1.807, 2.05) is 0 Å². The van der Waals surface area contributed by atoms with Gasteiger partial charge in [-0.2, -0.15) is 0 Å². The van der Waals surface area contributed by atoms with Gasteiger partial charge < -0.3 is 124 Å². The van der Waals surface area contributed by atoms with E-state index >= 15 is 4.79 Å². The average Bonchev–Trinajstić information content (AvgIpc) is 3.53. The lowest BCUT2D eigenvalue weighted by Gasteiger charge is -2.71. The molecule has 33 atom stereocenters. The lowest BCUT2D eigenvalue weighted by molar-refractivity contribution is -0.364. The van der Waals surface area contributed by atoms with Crippen molar-refractivity contribution in [2.75, 3.05) is 19.8 Å². The first kappa shape index (κ1) is 66.2. The first-order chi connectivity index (χ1) is 39.7. The molecule has 5 saturated heterocycles. The Morgan fingerprint density at radius 1 is 0.565 bits per heavy atom. The van der Waals surface area contributed by atoms with Crippen molar-refractivity contribution in [1.82, 2.24) is 0 Å². The third-order valence-corrected chi connectivity index (χ3v) is 23.1. The summed E-state index contributed by atoms with van der Waals surface area (Å²) in [6, 6.07) is 0. The van der Waals surface area contributed by atoms with Crippen LogP contribution in [0.2, 0.25) is 0 Å². The first-order valence-electron chi connectivity index (χ1n) is 30.6. The Labute approximate surface area is 494 Å². The normalized spacial score (nSPS) is 55.0. The van der Waals surface area contributed by atoms with Crippen LogP contribution in [0.4, 0.5) is 0 Å². The monoisotopic (exact) mass is 1220 g/mol. The molecule has 5 heterocycles. The number of rotatable bonds is 12. The van der Waals surface area contributed by atoms with Crippen molar-refractivity contribution in [3.63, 3.8) is 0 Å². The number of hydrogen-bond acceptors (Lipinski definition) is 26. The Balaban J connectivity index is 0.837. The summed E-state index contributed by atoms with van der Waals surface area (Å²) in [6.45, 7) is 16.7. The van der Waals surface area contributed by atoms with Crippen LogP contribution < -0.4 is 0 Å². The zero-order valence-corrected chi connectivity index (χ0v) is 50.0. The van der Waals surface area contributed by atoms with E-state index in [0.29, 0.717) is 25.7 Å². The fourth-order valence-corrected chi connectivity index (χ4v) is 17.6. The van der Waals surface area contributed by atoms with Crippen molar-refractivity contribution < 1.29 is 129 Å². The second kappa shape index (κ2) is 24.1. The molecule has 488 valence electrons. The van der Waals surface area contributed by atoms with E-state index in [1.165, 1.54) is 13.8 Å². The van der Waals surface area contributed by atoms with Crippen LogP contribution >= 0.6 is 0 Å². The maximum atomic E-state index is 15.3. The van der Waals surface area contributed by atoms with Crippen molar-refractivity contribution in [2.24, 2.45) is 50.2 Å². The molecule has 10 rings (SSSR count). The van der Waals surface area contributed by atoms with E-state index in [1.54, 1.807) is 0 Å². The number of aliphatic hydroxyl groups is 15. The maximum absolute atomic E-state index is 15.3. The summed E-state index contributed by atoms with van der Waals surface area (Å²) in [5, 5.41) is 164. The van der Waals surface area contributed by atoms with Crippen molar-refractivity contribution in [3.05, 3.63) is 11.6 Å². The van der Waals surface area contributed by atoms with Gasteiger partial charge in [-0.15, -0.1) is 0 Å². The zero-order valence-electron chi connectivity index (χ0n) is 50.0. The summed E-state index contributed by atoms with van der Waals surface area (Å²) < 4.78 is 59.4. The smallest absolute Gasteiger partial charge is 0.317 e. The van der Waals surface area contributed by atoms with Gasteiger partial charge in [0, 0.05) is 0 Å². The van der Waals surface area contributed by atoms with Crippen molar-refractivity contribution in [1.29, 1.82) is 0 Å². The molecule has 9 fully saturated rings. The van der Waals surface area contributed by atoms with Crippen LogP contribution in [0.15, 0.2) is 11.6 Å². The quantitative estimate of drug-likeness (QED) is 0.0544. The predicted molar refractivity (Wildman–Crippen MR) is 288 cm³/mol. The number of allylic oxidation sites excluding steroid dienone is 2. The van der Waals surface area contributed by atoms with E-state index in [2.05, 4.69) is 54.5 Å². The number of ether oxygens (including phenoxy) is 10. The van der Waals surface area contributed by atoms with Crippen LogP contribution in [0.1, 0.15) is 120 Å². The van der Waals surface area contributed by atoms with Crippen molar-refractivity contribution in [3.8, 4) is 0 Å². The topological polar surface area (TPSA) is 413 Å². The molecular weight excluding hydrogens is 1120 g/mol. The summed E-state index contributed by atoms with van der Waals surface area (Å²) in [4.78, 5) is 15.3. The number of fused-ring (bicyclic) bond motifs is 7. The van der Waals surface area contributed by atoms with Gasteiger partial charge >= 0.3 is 5.97 Å². The molecule has 15 N–H and O–H groups in total. The summed E-state index contributed by atoms with van der Waals surface area (Å²) in [6.07, 6.45) is -32.0. The minimum atomic E-state index is -1.97. The lowest BCUT2D eigenvalue weighted by Crippen LogP contribution is -2.68. The summed E-state index contributed by atoms with van der Waals surface area (Å²) in [5.41, 5.74) is -2.50. The fraction of sp³-hybridized carbons (Fsp3) is 0.949. The molecule has 33 unspecified atom stereocenters. The van der Waals surface area contributed by atoms with Gasteiger partial charge in [0.15, 0.2) is 25.2 Å². The van der Waals surface area contributed by atoms with Crippen LogP contribution in [0, 0.1) is 50.2 Å². The molecule has 0 aromatic rings. The highest BCUT2D eigenvalue weighted by molar-refractivity contribution is 5.80. The van der Waals surface area contributed by atoms with E-state index in [9.17, 15) is 76.6 Å². The highest BCUT2D eigenvalue weighted by Crippen LogP contribution is 2.76. The Kier molecular flexibility index (Phi) is 18.7. The van der Waals surface area contributed by atoms with E-state index in [0.717, 1.165) is 24.8 Å². The minimum Gasteiger partial charge on any atom is -0.432 e. The SMILES string of the molecule is CC1OC(OC2C(CO)OC(OCC3OC(OC(=O)C45CCC(C)(C)CC4C4=CCC6C7(C)CCC(OC8OCC(O)C(O)C8OC8OC(C)C(O)C(O)C8O)C(C)(C)C7CCC6(C)C4(C)CC5O)C(O)C(O)C3O)C(O)C2O)C(O)C(O)C1O. The molecule has 0 aromatic carbocycles. The second-order valence-corrected chi connectivity index (χ2v) is 28.7. The van der Waals surface area contributed by atoms with Gasteiger partial charge in [-0.1, -0.05) is 60.1 Å². The molecule has 5 aliphatic heterocycles. The molecule has 5 aliphatic carbocycles. The molecule has 0 spiro atoms. The maximum Gasteiger partial charge on any atom is 0.317 e. The highest BCUT2D eigenvalue weighted by atomic mass is 16.8. The Morgan fingerprint density at radius 3 is 1.76 bits per heavy atom. The van der Waals surface area contributed by atoms with Gasteiger partial charge in [0.05, 0.1) is 44.2 Å². The van der Waals surface area contributed by atoms with E-state index in [-0.39, 0.29) is 42.1 Å². The molecule has 4 saturated carbocycles. The molecular formula is C59H96O26. The Bertz CT molecular complexity index is 2380. The highest BCUT2D eigenvalue weighted by Gasteiger charge is 2.72. The number of carbonyl (C=O) groups is 1. The molecule has 26 heteroatoms. The first-order valence-corrected chi connectivity index (χ1v) is 30.6. The van der Waals surface area contributed by atoms with Crippen LogP contribution in [-0.4, -0.2) is 262 Å². The van der Waals surface area contributed by atoms with Crippen LogP contribution in [0.3, 0.4) is 0 Å². The Morgan fingerprint density at radius 2 is 1.14 bits per heavy atom. The molecule has 85 heavy (non-hydrogen) atoms. The third kappa shape index (κ3) is 11.0. The van der Waals surface area contributed by atoms with E-state index < -0.39 is 206 Å². The van der Waals surface area contributed by atoms with Gasteiger partial charge in [-0.3, -0.25) is 4.79 Å². The van der Waals surface area contributed by atoms with E-state index in [4.69, 9.17) is 47.4 Å². The largest absolute Gasteiger partial charge is 0.432 e. The second-order valence-electron chi connectivity index (χ2n) is 28.7. The molecule has 0 amide bonds. The van der Waals surface area contributed by atoms with Gasteiger partial charge in [0.25, 0.3) is 0 Å². The minimum absolute atomic E-state index is 0.0996. The van der Waals surface area contributed by atoms with Gasteiger partial charge in [0.2, 0.25) is 6.29 Å². The van der Waals surface area contributed by atoms with Crippen LogP contribution in [-0.2, 0) is 52.2 Å². The van der Waals surface area contributed by atoms with Crippen molar-refractivity contribution >= 4 is 5.97 Å². The fourth-order valence-electron chi connectivity index (χ4n) is 17.6. The number of hydrogen-bond donors (Lipinski definition) is 15. The number of esters is 1. The van der Waals surface area contributed by atoms with Gasteiger partial charge in [0.1, 0.15) is 109 Å². The van der Waals surface area contributed by atoms with Crippen LogP contribution in [0.5, 0.6) is 0 Å². The molecule has 0 bridgehead atoms. The van der Waals surface area contributed by atoms with Crippen molar-refractivity contribution in [2.45, 2.75) is 280 Å². The third-order valence-electron chi connectivity index (χ3n) is 23.1. The lowest BCUT2D eigenvalue weighted by atomic mass is 9.33.